The lowest BCUT2D eigenvalue weighted by Crippen LogP contribution is -2.40. The van der Waals surface area contributed by atoms with Crippen molar-refractivity contribution >= 4 is 17.5 Å². The van der Waals surface area contributed by atoms with Crippen molar-refractivity contribution in [2.75, 3.05) is 11.9 Å². The normalized spacial score (nSPS) is 14.9. The van der Waals surface area contributed by atoms with Gasteiger partial charge in [0.1, 0.15) is 11.5 Å². The monoisotopic (exact) mass is 285 g/mol. The number of hydrogen-bond acceptors (Lipinski definition) is 3. The first kappa shape index (κ1) is 15.0. The van der Waals surface area contributed by atoms with Crippen LogP contribution in [0.3, 0.4) is 0 Å². The molecule has 0 unspecified atom stereocenters. The molecule has 0 saturated heterocycles. The molecule has 5 heteroatoms. The highest BCUT2D eigenvalue weighted by Crippen LogP contribution is 2.46. The summed E-state index contributed by atoms with van der Waals surface area (Å²) in [4.78, 5) is 24.5. The van der Waals surface area contributed by atoms with Crippen LogP contribution in [-0.2, 0) is 9.59 Å². The Morgan fingerprint density at radius 2 is 2.00 bits per heavy atom. The third-order valence-electron chi connectivity index (χ3n) is 3.73. The minimum absolute atomic E-state index is 0.206. The SMILES string of the molecule is CCCCNC(=O)C1(C(=O)Nc2ccccc2C#N)CC1. The maximum atomic E-state index is 12.4. The van der Waals surface area contributed by atoms with Crippen LogP contribution in [0.25, 0.3) is 0 Å². The molecule has 0 aliphatic heterocycles. The Balaban J connectivity index is 2.03. The maximum absolute atomic E-state index is 12.4. The van der Waals surface area contributed by atoms with E-state index in [-0.39, 0.29) is 11.8 Å². The molecule has 2 rings (SSSR count). The van der Waals surface area contributed by atoms with Gasteiger partial charge in [0.05, 0.1) is 11.3 Å². The zero-order valence-electron chi connectivity index (χ0n) is 12.1. The number of nitrogens with zero attached hydrogens (tertiary/aromatic N) is 1. The first-order valence-electron chi connectivity index (χ1n) is 7.23. The lowest BCUT2D eigenvalue weighted by Gasteiger charge is -2.15. The lowest BCUT2D eigenvalue weighted by atomic mass is 10.0. The Hall–Kier alpha value is -2.35. The first-order valence-corrected chi connectivity index (χ1v) is 7.23. The molecule has 110 valence electrons. The van der Waals surface area contributed by atoms with Crippen molar-refractivity contribution in [2.24, 2.45) is 5.41 Å². The molecule has 0 spiro atoms. The number of para-hydroxylation sites is 1. The average molecular weight is 285 g/mol. The molecule has 21 heavy (non-hydrogen) atoms. The van der Waals surface area contributed by atoms with Crippen LogP contribution in [0.2, 0.25) is 0 Å². The van der Waals surface area contributed by atoms with Gasteiger partial charge in [0, 0.05) is 6.54 Å². The summed E-state index contributed by atoms with van der Waals surface area (Å²) in [6, 6.07) is 8.81. The van der Waals surface area contributed by atoms with Gasteiger partial charge in [-0.05, 0) is 31.4 Å². The van der Waals surface area contributed by atoms with Gasteiger partial charge in [-0.1, -0.05) is 25.5 Å². The van der Waals surface area contributed by atoms with Crippen LogP contribution < -0.4 is 10.6 Å². The fourth-order valence-electron chi connectivity index (χ4n) is 2.16. The Labute approximate surface area is 124 Å². The van der Waals surface area contributed by atoms with Crippen molar-refractivity contribution in [1.29, 1.82) is 5.26 Å². The van der Waals surface area contributed by atoms with Crippen molar-refractivity contribution in [1.82, 2.24) is 5.32 Å². The van der Waals surface area contributed by atoms with E-state index in [1.165, 1.54) is 0 Å². The van der Waals surface area contributed by atoms with E-state index in [1.54, 1.807) is 24.3 Å². The van der Waals surface area contributed by atoms with Crippen molar-refractivity contribution < 1.29 is 9.59 Å². The van der Waals surface area contributed by atoms with Crippen molar-refractivity contribution in [3.8, 4) is 6.07 Å². The second kappa shape index (κ2) is 6.40. The summed E-state index contributed by atoms with van der Waals surface area (Å²) in [5, 5.41) is 14.6. The highest BCUT2D eigenvalue weighted by molar-refractivity contribution is 6.13. The van der Waals surface area contributed by atoms with Gasteiger partial charge in [-0.25, -0.2) is 0 Å². The fraction of sp³-hybridized carbons (Fsp3) is 0.438. The number of unbranched alkanes of at least 4 members (excludes halogenated alkanes) is 1. The standard InChI is InChI=1S/C16H19N3O2/c1-2-3-10-18-14(20)16(8-9-16)15(21)19-13-7-5-4-6-12(13)11-17/h4-7H,2-3,8-10H2,1H3,(H,18,20)(H,19,21). The molecule has 0 heterocycles. The molecular formula is C16H19N3O2. The molecule has 1 aromatic rings. The molecule has 1 fully saturated rings. The lowest BCUT2D eigenvalue weighted by molar-refractivity contribution is -0.134. The number of carbonyl (C=O) groups is 2. The van der Waals surface area contributed by atoms with Crippen molar-refractivity contribution in [3.05, 3.63) is 29.8 Å². The summed E-state index contributed by atoms with van der Waals surface area (Å²) in [6.07, 6.45) is 3.02. The molecule has 2 amide bonds. The first-order chi connectivity index (χ1) is 10.1. The Morgan fingerprint density at radius 3 is 2.62 bits per heavy atom. The Kier molecular flexibility index (Phi) is 4.59. The largest absolute Gasteiger partial charge is 0.355 e. The third kappa shape index (κ3) is 3.22. The van der Waals surface area contributed by atoms with E-state index in [9.17, 15) is 9.59 Å². The van der Waals surface area contributed by atoms with Crippen LogP contribution in [0, 0.1) is 16.7 Å². The van der Waals surface area contributed by atoms with Gasteiger partial charge in [-0.2, -0.15) is 5.26 Å². The Bertz CT molecular complexity index is 585. The fourth-order valence-corrected chi connectivity index (χ4v) is 2.16. The van der Waals surface area contributed by atoms with Crippen LogP contribution in [0.4, 0.5) is 5.69 Å². The molecule has 0 aromatic heterocycles. The molecule has 2 N–H and O–H groups in total. The van der Waals surface area contributed by atoms with E-state index < -0.39 is 5.41 Å². The average Bonchev–Trinajstić information content (AvgIpc) is 3.29. The van der Waals surface area contributed by atoms with E-state index in [1.807, 2.05) is 13.0 Å². The molecular weight excluding hydrogens is 266 g/mol. The van der Waals surface area contributed by atoms with Gasteiger partial charge in [0.25, 0.3) is 0 Å². The maximum Gasteiger partial charge on any atom is 0.240 e. The summed E-state index contributed by atoms with van der Waals surface area (Å²) < 4.78 is 0. The molecule has 1 aliphatic carbocycles. The highest BCUT2D eigenvalue weighted by atomic mass is 16.2. The minimum atomic E-state index is -0.948. The quantitative estimate of drug-likeness (QED) is 0.621. The number of amides is 2. The molecule has 0 radical (unpaired) electrons. The molecule has 1 aliphatic rings. The van der Waals surface area contributed by atoms with Crippen LogP contribution in [0.5, 0.6) is 0 Å². The zero-order valence-corrected chi connectivity index (χ0v) is 12.1. The second-order valence-corrected chi connectivity index (χ2v) is 5.30. The number of carbonyl (C=O) groups excluding carboxylic acids is 2. The number of hydrogen-bond donors (Lipinski definition) is 2. The molecule has 5 nitrogen and oxygen atoms in total. The van der Waals surface area contributed by atoms with E-state index in [0.29, 0.717) is 30.6 Å². The predicted molar refractivity (Wildman–Crippen MR) is 79.4 cm³/mol. The van der Waals surface area contributed by atoms with Gasteiger partial charge in [0.2, 0.25) is 11.8 Å². The summed E-state index contributed by atoms with van der Waals surface area (Å²) in [6.45, 7) is 2.64. The summed E-state index contributed by atoms with van der Waals surface area (Å²) >= 11 is 0. The minimum Gasteiger partial charge on any atom is -0.355 e. The van der Waals surface area contributed by atoms with Gasteiger partial charge in [-0.3, -0.25) is 9.59 Å². The topological polar surface area (TPSA) is 82.0 Å². The van der Waals surface area contributed by atoms with Gasteiger partial charge >= 0.3 is 0 Å². The van der Waals surface area contributed by atoms with Crippen LogP contribution >= 0.6 is 0 Å². The summed E-state index contributed by atoms with van der Waals surface area (Å²) in [5.74, 6) is -0.526. The number of nitriles is 1. The molecule has 1 aromatic carbocycles. The van der Waals surface area contributed by atoms with Crippen molar-refractivity contribution in [2.45, 2.75) is 32.6 Å². The zero-order chi connectivity index (χ0) is 15.3. The van der Waals surface area contributed by atoms with Crippen LogP contribution in [-0.4, -0.2) is 18.4 Å². The van der Waals surface area contributed by atoms with E-state index in [2.05, 4.69) is 10.6 Å². The highest BCUT2D eigenvalue weighted by Gasteiger charge is 2.56. The summed E-state index contributed by atoms with van der Waals surface area (Å²) in [7, 11) is 0. The van der Waals surface area contributed by atoms with E-state index in [0.717, 1.165) is 12.8 Å². The smallest absolute Gasteiger partial charge is 0.240 e. The molecule has 1 saturated carbocycles. The van der Waals surface area contributed by atoms with E-state index in [4.69, 9.17) is 5.26 Å². The Morgan fingerprint density at radius 1 is 1.29 bits per heavy atom. The van der Waals surface area contributed by atoms with E-state index >= 15 is 0 Å². The molecule has 0 bridgehead atoms. The van der Waals surface area contributed by atoms with Gasteiger partial charge < -0.3 is 10.6 Å². The van der Waals surface area contributed by atoms with Crippen molar-refractivity contribution in [3.63, 3.8) is 0 Å². The number of anilines is 1. The van der Waals surface area contributed by atoms with Crippen LogP contribution in [0.1, 0.15) is 38.2 Å². The molecule has 0 atom stereocenters. The number of rotatable bonds is 6. The van der Waals surface area contributed by atoms with Crippen LogP contribution in [0.15, 0.2) is 24.3 Å². The third-order valence-corrected chi connectivity index (χ3v) is 3.73. The number of nitrogens with one attached hydrogen (secondary N) is 2. The second-order valence-electron chi connectivity index (χ2n) is 5.30. The predicted octanol–water partition coefficient (Wildman–Crippen LogP) is 2.19. The number of benzene rings is 1. The van der Waals surface area contributed by atoms with Gasteiger partial charge in [-0.15, -0.1) is 0 Å². The summed E-state index contributed by atoms with van der Waals surface area (Å²) in [5.41, 5.74) is -0.0956. The van der Waals surface area contributed by atoms with Gasteiger partial charge in [0.15, 0.2) is 0 Å².